The number of carbonyl (C=O) groups excluding carboxylic acids is 11. The Hall–Kier alpha value is -12.4. The van der Waals surface area contributed by atoms with E-state index in [1.165, 1.54) is 31.6 Å². The number of carboxylic acids is 1. The lowest BCUT2D eigenvalue weighted by atomic mass is 9.72. The Morgan fingerprint density at radius 3 is 1.05 bits per heavy atom. The normalized spacial score (nSPS) is 18.2. The monoisotopic (exact) mass is 1900 g/mol. The first-order valence-corrected chi connectivity index (χ1v) is 48.7. The molecule has 0 bridgehead atoms. The van der Waals surface area contributed by atoms with Crippen molar-refractivity contribution in [1.29, 1.82) is 0 Å². The number of piperidine rings is 8. The predicted octanol–water partition coefficient (Wildman–Crippen LogP) is 18.4. The van der Waals surface area contributed by atoms with Crippen LogP contribution in [0.5, 0.6) is 0 Å². The summed E-state index contributed by atoms with van der Waals surface area (Å²) in [5.41, 5.74) is 10.1. The fourth-order valence-corrected chi connectivity index (χ4v) is 20.0. The van der Waals surface area contributed by atoms with Crippen LogP contribution in [0, 0.1) is 21.7 Å². The number of hydrogen-bond donors (Lipinski definition) is 4. The number of carboxylic acid groups (broad SMARTS) is 1. The number of nitrogens with zero attached hydrogens (tertiary/aromatic N) is 11. The number of benzene rings is 2. The van der Waals surface area contributed by atoms with Crippen molar-refractivity contribution in [2.75, 3.05) is 109 Å². The maximum Gasteiger partial charge on any atom is 0.412 e. The second kappa shape index (κ2) is 42.5. The number of aromatic carboxylic acids is 1. The van der Waals surface area contributed by atoms with Crippen LogP contribution in [0.25, 0.3) is 20.9 Å². The molecule has 0 atom stereocenters. The summed E-state index contributed by atoms with van der Waals surface area (Å²) in [6, 6.07) is 33.0. The van der Waals surface area contributed by atoms with Crippen LogP contribution in [0.2, 0.25) is 0 Å². The van der Waals surface area contributed by atoms with E-state index >= 15 is 0 Å². The summed E-state index contributed by atoms with van der Waals surface area (Å²) < 4.78 is 21.9. The minimum absolute atomic E-state index is 0.0000227. The molecular weight excluding hydrogens is 1770 g/mol. The van der Waals surface area contributed by atoms with E-state index in [2.05, 4.69) is 36.6 Å². The number of rotatable bonds is 15. The summed E-state index contributed by atoms with van der Waals surface area (Å²) in [5.74, 6) is 1.07. The summed E-state index contributed by atoms with van der Waals surface area (Å²) in [4.78, 5) is 181. The highest BCUT2D eigenvalue weighted by Crippen LogP contribution is 2.47. The molecule has 0 aliphatic carbocycles. The van der Waals surface area contributed by atoms with Gasteiger partial charge < -0.3 is 49.8 Å². The van der Waals surface area contributed by atoms with E-state index in [1.54, 1.807) is 128 Å². The number of ether oxygens (including phenoxy) is 4. The number of pyridine rings is 4. The smallest absolute Gasteiger partial charge is 0.412 e. The fourth-order valence-electron chi connectivity index (χ4n) is 18.6. The number of carbonyl (C=O) groups is 12. The average Bonchev–Trinajstić information content (AvgIpc) is 0.859. The summed E-state index contributed by atoms with van der Waals surface area (Å²) in [5, 5.41) is 19.2. The lowest BCUT2D eigenvalue weighted by Crippen LogP contribution is -2.53. The number of nitrogens with two attached hydrogens (primary N) is 1. The fraction of sp³-hybridized carbons (Fsp3) is 0.495. The van der Waals surface area contributed by atoms with Crippen molar-refractivity contribution in [3.05, 3.63) is 178 Å². The van der Waals surface area contributed by atoms with Gasteiger partial charge in [-0.05, 0) is 320 Å². The van der Waals surface area contributed by atoms with Gasteiger partial charge in [0.25, 0.3) is 0 Å². The topological polar surface area (TPSA) is 386 Å². The van der Waals surface area contributed by atoms with Crippen molar-refractivity contribution in [2.24, 2.45) is 21.7 Å². The molecule has 16 rings (SSSR count). The second-order valence-electron chi connectivity index (χ2n) is 41.1. The highest BCUT2D eigenvalue weighted by molar-refractivity contribution is 7.13. The summed E-state index contributed by atoms with van der Waals surface area (Å²) in [6.45, 7) is 31.6. The van der Waals surface area contributed by atoms with Gasteiger partial charge in [0.2, 0.25) is 23.6 Å². The maximum atomic E-state index is 13.5. The van der Waals surface area contributed by atoms with Gasteiger partial charge in [0, 0.05) is 167 Å². The zero-order chi connectivity index (χ0) is 97.9. The number of nitrogens with one attached hydrogen (secondary N) is 2. The van der Waals surface area contributed by atoms with Gasteiger partial charge in [0.15, 0.2) is 17.3 Å². The molecule has 8 aliphatic rings. The van der Waals surface area contributed by atoms with Crippen LogP contribution in [0.4, 0.5) is 53.8 Å². The molecule has 2 aromatic carbocycles. The van der Waals surface area contributed by atoms with Crippen molar-refractivity contribution in [3.8, 4) is 20.9 Å². The number of hydrogen-bond acceptors (Lipinski definition) is 24. The average molecular weight is 1900 g/mol. The van der Waals surface area contributed by atoms with Crippen molar-refractivity contribution < 1.29 is 81.6 Å². The molecule has 31 nitrogen and oxygen atoms in total. The zero-order valence-corrected chi connectivity index (χ0v) is 82.0. The summed E-state index contributed by atoms with van der Waals surface area (Å²) in [7, 11) is 0. The van der Waals surface area contributed by atoms with Crippen LogP contribution in [-0.2, 0) is 51.0 Å². The number of thiophene rings is 2. The second-order valence-corrected chi connectivity index (χ2v) is 43.0. The number of nitrogen functional groups attached to an aromatic ring is 1. The molecular formula is C103H128N14O17S2. The number of likely N-dealkylation sites (tertiary alicyclic amines) is 3. The van der Waals surface area contributed by atoms with Gasteiger partial charge in [-0.25, -0.2) is 43.9 Å². The van der Waals surface area contributed by atoms with Gasteiger partial charge in [-0.2, -0.15) is 0 Å². The number of aromatic nitrogens is 4. The Morgan fingerprint density at radius 1 is 0.412 bits per heavy atom. The van der Waals surface area contributed by atoms with Crippen LogP contribution in [0.15, 0.2) is 145 Å². The van der Waals surface area contributed by atoms with Crippen molar-refractivity contribution in [2.45, 2.75) is 228 Å². The molecule has 724 valence electrons. The van der Waals surface area contributed by atoms with E-state index in [0.717, 1.165) is 117 Å². The molecule has 0 radical (unpaired) electrons. The molecule has 33 heteroatoms. The first-order chi connectivity index (χ1) is 64.3. The quantitative estimate of drug-likeness (QED) is 0.0421. The predicted molar refractivity (Wildman–Crippen MR) is 523 cm³/mol. The Labute approximate surface area is 803 Å². The van der Waals surface area contributed by atoms with E-state index in [4.69, 9.17) is 29.8 Å². The Bertz CT molecular complexity index is 5510. The van der Waals surface area contributed by atoms with E-state index in [-0.39, 0.29) is 99.3 Å². The van der Waals surface area contributed by atoms with Crippen LogP contribution in [-0.4, -0.2) is 212 Å². The largest absolute Gasteiger partial charge is 0.478 e. The highest BCUT2D eigenvalue weighted by Gasteiger charge is 2.48. The number of anilines is 6. The van der Waals surface area contributed by atoms with E-state index in [0.29, 0.717) is 148 Å². The molecule has 4 spiro atoms. The van der Waals surface area contributed by atoms with Crippen LogP contribution in [0.3, 0.4) is 0 Å². The van der Waals surface area contributed by atoms with Gasteiger partial charge >= 0.3 is 30.3 Å². The SMILES string of the molecule is CC(=O)c1ccc(N2CC3(CCC2=O)CCN(C(=O)OC(C)(C)C)CC3)nc1.CC(C)(C)OC(=O)N1CCC2(CCC(=O)N(c3ccc(C(=O)O)cn3)C2)CC1.CC(C)(C)OC(=O)Nc1ccc(-c2cccs2)cc1CC(=O)c1ccc(N2CC3(CCC2=O)CCN(C(=O)OC(C)(C)C)CC3)nc1.Nc1ccc(-c2cccs2)cc1CC(=O)c1ccc(N2CC3(CCNCC3)CCC2=O)nc1. The standard InChI is InChI=1S/C36H44N4O6S.C26H28N4O2S.C21H29N3O4.C20H27N3O5/c1-34(2,3)45-32(43)38-27-11-9-24(29-8-7-19-47-29)20-26(27)21-28(41)25-10-12-30(37-22-25)40-23-36(14-13-31(40)42)15-17-39(18-16-36)33(44)46-35(4,5)6;27-21-5-3-18(23-2-1-13-33-23)14-20(21)15-22(31)19-4-6-24(29-16-19)30-17-26(8-7-25(30)32)9-11-28-12-10-26;1-15(25)16-5-6-17(22-13-16)24-14-21(8-7-18(24)26)9-11-23(12-10-21)19(27)28-20(2,3)4;1-19(2,3)28-18(27)22-10-8-20(9-11-22)7-6-16(24)23(13-20)15-5-4-14(12-21-15)17(25)26/h7-12,19-20,22H,13-18,21,23H2,1-6H3,(H,38,43);1-6,13-14,16,28H,7-12,15,17,27H2;5-6,13H,7-12,14H2,1-4H3;4-5,12H,6-11,13H2,1-3H3,(H,25,26). The Morgan fingerprint density at radius 2 is 0.735 bits per heavy atom. The molecule has 8 aromatic rings. The molecule has 8 aliphatic heterocycles. The van der Waals surface area contributed by atoms with Gasteiger partial charge in [-0.15, -0.1) is 22.7 Å². The molecule has 6 aromatic heterocycles. The van der Waals surface area contributed by atoms with Crippen molar-refractivity contribution in [3.63, 3.8) is 0 Å². The molecule has 8 fully saturated rings. The van der Waals surface area contributed by atoms with E-state index in [9.17, 15) is 57.5 Å². The molecule has 0 unspecified atom stereocenters. The third-order valence-electron chi connectivity index (χ3n) is 26.3. The first-order valence-electron chi connectivity index (χ1n) is 46.9. The lowest BCUT2D eigenvalue weighted by Gasteiger charge is -2.47. The minimum Gasteiger partial charge on any atom is -0.478 e. The zero-order valence-electron chi connectivity index (χ0n) is 80.4. The van der Waals surface area contributed by atoms with E-state index in [1.807, 2.05) is 127 Å². The molecule has 8 saturated heterocycles. The lowest BCUT2D eigenvalue weighted by molar-refractivity contribution is -0.122. The van der Waals surface area contributed by atoms with E-state index < -0.39 is 34.5 Å². The summed E-state index contributed by atoms with van der Waals surface area (Å²) in [6.07, 6.45) is 16.9. The van der Waals surface area contributed by atoms with Crippen LogP contribution in [0.1, 0.15) is 245 Å². The van der Waals surface area contributed by atoms with Gasteiger partial charge in [-0.1, -0.05) is 24.3 Å². The maximum absolute atomic E-state index is 13.5. The number of Topliss-reactive ketones (excluding diaryl/α,β-unsaturated/α-hetero) is 3. The molecule has 8 amide bonds. The van der Waals surface area contributed by atoms with Crippen molar-refractivity contribution in [1.82, 2.24) is 40.0 Å². The Balaban J connectivity index is 0.000000157. The molecule has 136 heavy (non-hydrogen) atoms. The van der Waals surface area contributed by atoms with Crippen molar-refractivity contribution >= 4 is 129 Å². The summed E-state index contributed by atoms with van der Waals surface area (Å²) >= 11 is 3.25. The number of ketones is 3. The van der Waals surface area contributed by atoms with Gasteiger partial charge in [0.05, 0.1) is 5.56 Å². The van der Waals surface area contributed by atoms with Crippen LogP contribution >= 0.6 is 22.7 Å². The third kappa shape index (κ3) is 26.7. The third-order valence-corrected chi connectivity index (χ3v) is 28.2. The number of amides is 8. The van der Waals surface area contributed by atoms with Crippen LogP contribution < -0.4 is 36.0 Å². The van der Waals surface area contributed by atoms with Gasteiger partial charge in [0.1, 0.15) is 45.7 Å². The Kier molecular flexibility index (Phi) is 31.6. The minimum atomic E-state index is -1.05. The highest BCUT2D eigenvalue weighted by atomic mass is 32.1. The molecule has 5 N–H and O–H groups in total. The first kappa shape index (κ1) is 101. The molecule has 0 saturated carbocycles. The van der Waals surface area contributed by atoms with Gasteiger partial charge in [-0.3, -0.25) is 58.5 Å². The molecule has 14 heterocycles.